The normalized spacial score (nSPS) is 12.9. The minimum atomic E-state index is -2.89. The Kier molecular flexibility index (Phi) is 4.15. The lowest BCUT2D eigenvalue weighted by Crippen LogP contribution is -2.28. The van der Waals surface area contributed by atoms with Gasteiger partial charge < -0.3 is 5.32 Å². The Morgan fingerprint density at radius 2 is 1.82 bits per heavy atom. The van der Waals surface area contributed by atoms with E-state index in [4.69, 9.17) is 11.6 Å². The van der Waals surface area contributed by atoms with Gasteiger partial charge in [0.25, 0.3) is 5.92 Å². The van der Waals surface area contributed by atoms with Gasteiger partial charge in [0.1, 0.15) is 0 Å². The largest absolute Gasteiger partial charge is 0.314 e. The third-order valence-corrected chi connectivity index (χ3v) is 2.91. The first-order valence-corrected chi connectivity index (χ1v) is 5.89. The van der Waals surface area contributed by atoms with Crippen LogP contribution in [0.3, 0.4) is 0 Å². The summed E-state index contributed by atoms with van der Waals surface area (Å²) in [6.45, 7) is 5.61. The summed E-state index contributed by atoms with van der Waals surface area (Å²) < 4.78 is 27.3. The topological polar surface area (TPSA) is 12.0 Å². The van der Waals surface area contributed by atoms with E-state index in [0.717, 1.165) is 5.56 Å². The molecule has 1 rings (SSSR count). The van der Waals surface area contributed by atoms with E-state index in [1.807, 2.05) is 20.8 Å². The third kappa shape index (κ3) is 3.39. The average molecular weight is 262 g/mol. The van der Waals surface area contributed by atoms with Crippen molar-refractivity contribution in [3.8, 4) is 0 Å². The second-order valence-corrected chi connectivity index (χ2v) is 5.59. The molecule has 17 heavy (non-hydrogen) atoms. The molecule has 0 saturated heterocycles. The lowest BCUT2D eigenvalue weighted by Gasteiger charge is -2.23. The van der Waals surface area contributed by atoms with Crippen molar-refractivity contribution in [3.05, 3.63) is 34.3 Å². The van der Waals surface area contributed by atoms with Crippen LogP contribution in [0.4, 0.5) is 8.78 Å². The maximum absolute atomic E-state index is 13.6. The molecule has 0 amide bonds. The highest BCUT2D eigenvalue weighted by atomic mass is 35.5. The Labute approximate surface area is 106 Å². The fourth-order valence-corrected chi connectivity index (χ4v) is 2.14. The van der Waals surface area contributed by atoms with Crippen LogP contribution >= 0.6 is 11.6 Å². The molecular formula is C13H18ClF2N. The first-order chi connectivity index (χ1) is 7.68. The van der Waals surface area contributed by atoms with Crippen molar-refractivity contribution in [1.82, 2.24) is 5.32 Å². The van der Waals surface area contributed by atoms with Gasteiger partial charge in [0, 0.05) is 10.6 Å². The lowest BCUT2D eigenvalue weighted by molar-refractivity contribution is -0.00127. The minimum Gasteiger partial charge on any atom is -0.314 e. The summed E-state index contributed by atoms with van der Waals surface area (Å²) in [6, 6.07) is 4.49. The van der Waals surface area contributed by atoms with E-state index >= 15 is 0 Å². The first kappa shape index (κ1) is 14.4. The van der Waals surface area contributed by atoms with E-state index < -0.39 is 12.5 Å². The zero-order valence-corrected chi connectivity index (χ0v) is 11.3. The molecule has 0 saturated carbocycles. The van der Waals surface area contributed by atoms with Gasteiger partial charge in [-0.25, -0.2) is 0 Å². The maximum Gasteiger partial charge on any atom is 0.285 e. The summed E-state index contributed by atoms with van der Waals surface area (Å²) in [5, 5.41) is 2.87. The van der Waals surface area contributed by atoms with Crippen LogP contribution in [0.15, 0.2) is 18.2 Å². The van der Waals surface area contributed by atoms with E-state index in [-0.39, 0.29) is 11.0 Å². The fourth-order valence-electron chi connectivity index (χ4n) is 1.67. The van der Waals surface area contributed by atoms with Gasteiger partial charge in [-0.05, 0) is 24.1 Å². The molecule has 0 atom stereocenters. The molecule has 1 nitrogen and oxygen atoms in total. The molecule has 0 radical (unpaired) electrons. The Hall–Kier alpha value is -0.670. The average Bonchev–Trinajstić information content (AvgIpc) is 2.15. The Bertz CT molecular complexity index is 397. The van der Waals surface area contributed by atoms with Crippen LogP contribution in [0.1, 0.15) is 31.9 Å². The summed E-state index contributed by atoms with van der Waals surface area (Å²) in [4.78, 5) is 0. The van der Waals surface area contributed by atoms with Gasteiger partial charge in [0.15, 0.2) is 0 Å². The molecule has 0 aliphatic rings. The molecule has 0 heterocycles. The third-order valence-electron chi connectivity index (χ3n) is 2.60. The number of alkyl halides is 2. The van der Waals surface area contributed by atoms with Gasteiger partial charge in [-0.3, -0.25) is 0 Å². The van der Waals surface area contributed by atoms with Gasteiger partial charge in [0.05, 0.1) is 6.54 Å². The molecule has 0 unspecified atom stereocenters. The molecule has 0 aliphatic carbocycles. The zero-order valence-electron chi connectivity index (χ0n) is 10.6. The second-order valence-electron chi connectivity index (χ2n) is 5.18. The molecular weight excluding hydrogens is 244 g/mol. The van der Waals surface area contributed by atoms with Crippen molar-refractivity contribution < 1.29 is 8.78 Å². The van der Waals surface area contributed by atoms with Crippen molar-refractivity contribution >= 4 is 11.6 Å². The Morgan fingerprint density at radius 3 is 2.24 bits per heavy atom. The van der Waals surface area contributed by atoms with Gasteiger partial charge in [-0.2, -0.15) is 8.78 Å². The highest BCUT2D eigenvalue weighted by molar-refractivity contribution is 6.31. The van der Waals surface area contributed by atoms with Crippen molar-refractivity contribution in [1.29, 1.82) is 0 Å². The smallest absolute Gasteiger partial charge is 0.285 e. The Balaban J connectivity index is 3.13. The van der Waals surface area contributed by atoms with Crippen molar-refractivity contribution in [2.24, 2.45) is 0 Å². The SMILES string of the molecule is CNCC(F)(F)c1ccc(C(C)(C)C)c(Cl)c1. The number of nitrogens with one attached hydrogen (secondary N) is 1. The quantitative estimate of drug-likeness (QED) is 0.869. The van der Waals surface area contributed by atoms with Crippen LogP contribution in [0.5, 0.6) is 0 Å². The summed E-state index contributed by atoms with van der Waals surface area (Å²) >= 11 is 6.07. The summed E-state index contributed by atoms with van der Waals surface area (Å²) in [6.07, 6.45) is 0. The molecule has 0 fully saturated rings. The van der Waals surface area contributed by atoms with Gasteiger partial charge in [0.2, 0.25) is 0 Å². The number of rotatable bonds is 3. The van der Waals surface area contributed by atoms with Gasteiger partial charge >= 0.3 is 0 Å². The van der Waals surface area contributed by atoms with Crippen molar-refractivity contribution in [3.63, 3.8) is 0 Å². The van der Waals surface area contributed by atoms with Gasteiger partial charge in [-0.1, -0.05) is 44.5 Å². The Morgan fingerprint density at radius 1 is 1.24 bits per heavy atom. The van der Waals surface area contributed by atoms with Crippen LogP contribution in [-0.2, 0) is 11.3 Å². The summed E-state index contributed by atoms with van der Waals surface area (Å²) in [7, 11) is 1.50. The van der Waals surface area contributed by atoms with Gasteiger partial charge in [-0.15, -0.1) is 0 Å². The van der Waals surface area contributed by atoms with Crippen LogP contribution < -0.4 is 5.32 Å². The van der Waals surface area contributed by atoms with Crippen LogP contribution in [0.25, 0.3) is 0 Å². The highest BCUT2D eigenvalue weighted by Crippen LogP contribution is 2.34. The van der Waals surface area contributed by atoms with Crippen LogP contribution in [0.2, 0.25) is 5.02 Å². The molecule has 0 aromatic heterocycles. The predicted octanol–water partition coefficient (Wildman–Crippen LogP) is 3.95. The van der Waals surface area contributed by atoms with Crippen molar-refractivity contribution in [2.75, 3.05) is 13.6 Å². The van der Waals surface area contributed by atoms with Crippen molar-refractivity contribution in [2.45, 2.75) is 32.1 Å². The van der Waals surface area contributed by atoms with E-state index in [2.05, 4.69) is 5.32 Å². The molecule has 1 aromatic rings. The van der Waals surface area contributed by atoms with E-state index in [1.54, 1.807) is 6.07 Å². The van der Waals surface area contributed by atoms with E-state index in [1.165, 1.54) is 19.2 Å². The molecule has 0 aliphatic heterocycles. The summed E-state index contributed by atoms with van der Waals surface area (Å²) in [5.41, 5.74) is 0.682. The second kappa shape index (κ2) is 4.91. The van der Waals surface area contributed by atoms with E-state index in [9.17, 15) is 8.78 Å². The monoisotopic (exact) mass is 261 g/mol. The molecule has 96 valence electrons. The van der Waals surface area contributed by atoms with E-state index in [0.29, 0.717) is 5.02 Å². The van der Waals surface area contributed by atoms with Crippen LogP contribution in [0, 0.1) is 0 Å². The lowest BCUT2D eigenvalue weighted by atomic mass is 9.86. The standard InChI is InChI=1S/C13H18ClF2N/c1-12(2,3)10-6-5-9(7-11(10)14)13(15,16)8-17-4/h5-7,17H,8H2,1-4H3. The number of hydrogen-bond acceptors (Lipinski definition) is 1. The summed E-state index contributed by atoms with van der Waals surface area (Å²) in [5.74, 6) is -2.89. The minimum absolute atomic E-state index is 0.0511. The molecule has 1 aromatic carbocycles. The molecule has 4 heteroatoms. The highest BCUT2D eigenvalue weighted by Gasteiger charge is 2.31. The molecule has 0 bridgehead atoms. The number of likely N-dealkylation sites (N-methyl/N-ethyl adjacent to an activating group) is 1. The zero-order chi connectivity index (χ0) is 13.3. The number of halogens is 3. The van der Waals surface area contributed by atoms with Crippen LogP contribution in [-0.4, -0.2) is 13.6 Å². The maximum atomic E-state index is 13.6. The number of benzene rings is 1. The molecule has 1 N–H and O–H groups in total. The fraction of sp³-hybridized carbons (Fsp3) is 0.538. The first-order valence-electron chi connectivity index (χ1n) is 5.51. The molecule has 0 spiro atoms. The number of hydrogen-bond donors (Lipinski definition) is 1. The predicted molar refractivity (Wildman–Crippen MR) is 68.0 cm³/mol.